The van der Waals surface area contributed by atoms with Crippen molar-refractivity contribution >= 4 is 21.9 Å². The lowest BCUT2D eigenvalue weighted by Gasteiger charge is -2.02. The molecule has 0 unspecified atom stereocenters. The van der Waals surface area contributed by atoms with Gasteiger partial charge < -0.3 is 0 Å². The van der Waals surface area contributed by atoms with Crippen molar-refractivity contribution in [1.29, 1.82) is 0 Å². The molecule has 0 radical (unpaired) electrons. The second-order valence-corrected chi connectivity index (χ2v) is 4.60. The van der Waals surface area contributed by atoms with Crippen LogP contribution in [0.3, 0.4) is 0 Å². The van der Waals surface area contributed by atoms with Crippen LogP contribution < -0.4 is 11.1 Å². The van der Waals surface area contributed by atoms with Crippen LogP contribution in [0.25, 0.3) is 27.6 Å². The summed E-state index contributed by atoms with van der Waals surface area (Å²) in [6.07, 6.45) is 1.62. The largest absolute Gasteiger partial charge is 0.289 e. The van der Waals surface area contributed by atoms with Crippen molar-refractivity contribution in [3.8, 4) is 5.69 Å². The Morgan fingerprint density at radius 2 is 1.76 bits per heavy atom. The highest BCUT2D eigenvalue weighted by atomic mass is 16.1. The minimum absolute atomic E-state index is 0.101. The molecule has 0 saturated carbocycles. The Balaban J connectivity index is 2.14. The first kappa shape index (κ1) is 11.6. The van der Waals surface area contributed by atoms with E-state index in [1.54, 1.807) is 16.9 Å². The van der Waals surface area contributed by atoms with E-state index >= 15 is 0 Å². The second-order valence-electron chi connectivity index (χ2n) is 4.60. The number of para-hydroxylation sites is 1. The lowest BCUT2D eigenvalue weighted by Crippen LogP contribution is -2.20. The van der Waals surface area contributed by atoms with Gasteiger partial charge in [-0.3, -0.25) is 19.8 Å². The van der Waals surface area contributed by atoms with Crippen LogP contribution in [0.15, 0.2) is 52.2 Å². The fraction of sp³-hybridized carbons (Fsp3) is 0. The van der Waals surface area contributed by atoms with E-state index in [9.17, 15) is 9.59 Å². The van der Waals surface area contributed by atoms with E-state index in [2.05, 4.69) is 20.3 Å². The van der Waals surface area contributed by atoms with Crippen LogP contribution in [-0.2, 0) is 0 Å². The molecule has 0 bridgehead atoms. The van der Waals surface area contributed by atoms with Crippen LogP contribution in [0.1, 0.15) is 0 Å². The SMILES string of the molecule is O=c1[nH][nH]c(=O)c2nc3c(cnn3-c3ccccc3)cc12. The summed E-state index contributed by atoms with van der Waals surface area (Å²) in [5.41, 5.74) is 0.646. The Labute approximate surface area is 116 Å². The van der Waals surface area contributed by atoms with Crippen molar-refractivity contribution in [2.24, 2.45) is 0 Å². The highest BCUT2D eigenvalue weighted by Crippen LogP contribution is 2.18. The smallest absolute Gasteiger partial charge is 0.267 e. The molecule has 3 heterocycles. The molecule has 3 aromatic heterocycles. The number of benzene rings is 1. The number of hydrogen-bond acceptors (Lipinski definition) is 4. The summed E-state index contributed by atoms with van der Waals surface area (Å²) in [7, 11) is 0. The number of fused-ring (bicyclic) bond motifs is 2. The first-order valence-corrected chi connectivity index (χ1v) is 6.29. The molecular weight excluding hydrogens is 270 g/mol. The Bertz CT molecular complexity index is 1080. The highest BCUT2D eigenvalue weighted by Gasteiger charge is 2.11. The third kappa shape index (κ3) is 1.68. The molecule has 0 aliphatic carbocycles. The van der Waals surface area contributed by atoms with Crippen LogP contribution in [0, 0.1) is 0 Å². The molecule has 0 spiro atoms. The van der Waals surface area contributed by atoms with Crippen molar-refractivity contribution in [2.75, 3.05) is 0 Å². The van der Waals surface area contributed by atoms with Gasteiger partial charge in [0.2, 0.25) is 0 Å². The van der Waals surface area contributed by atoms with Gasteiger partial charge in [-0.15, -0.1) is 0 Å². The standard InChI is InChI=1S/C14H9N5O2/c20-13-10-6-8-7-15-19(9-4-2-1-3-5-9)12(8)16-11(10)14(21)18-17-13/h1-7H,(H,17,20)(H,18,21). The molecule has 1 aromatic carbocycles. The Morgan fingerprint density at radius 1 is 1.00 bits per heavy atom. The molecule has 21 heavy (non-hydrogen) atoms. The molecule has 4 aromatic rings. The van der Waals surface area contributed by atoms with Crippen molar-refractivity contribution < 1.29 is 0 Å². The van der Waals surface area contributed by atoms with E-state index in [1.807, 2.05) is 30.3 Å². The number of hydrogen-bond donors (Lipinski definition) is 2. The van der Waals surface area contributed by atoms with Gasteiger partial charge in [0, 0.05) is 5.39 Å². The average Bonchev–Trinajstić information content (AvgIpc) is 2.93. The number of H-pyrrole nitrogens is 2. The van der Waals surface area contributed by atoms with E-state index < -0.39 is 5.56 Å². The van der Waals surface area contributed by atoms with Crippen molar-refractivity contribution in [3.63, 3.8) is 0 Å². The summed E-state index contributed by atoms with van der Waals surface area (Å²) >= 11 is 0. The highest BCUT2D eigenvalue weighted by molar-refractivity contribution is 5.90. The zero-order valence-corrected chi connectivity index (χ0v) is 10.7. The van der Waals surface area contributed by atoms with Crippen LogP contribution in [0.4, 0.5) is 0 Å². The number of rotatable bonds is 1. The topological polar surface area (TPSA) is 96.4 Å². The van der Waals surface area contributed by atoms with Gasteiger partial charge in [-0.05, 0) is 18.2 Å². The number of nitrogens with one attached hydrogen (secondary N) is 2. The molecule has 0 amide bonds. The third-order valence-corrected chi connectivity index (χ3v) is 3.29. The van der Waals surface area contributed by atoms with Gasteiger partial charge in [0.1, 0.15) is 5.52 Å². The minimum atomic E-state index is -0.438. The summed E-state index contributed by atoms with van der Waals surface area (Å²) in [4.78, 5) is 27.9. The lowest BCUT2D eigenvalue weighted by molar-refractivity contribution is 0.897. The summed E-state index contributed by atoms with van der Waals surface area (Å²) in [6.45, 7) is 0. The molecule has 0 saturated heterocycles. The zero-order valence-electron chi connectivity index (χ0n) is 10.7. The summed E-state index contributed by atoms with van der Waals surface area (Å²) in [6, 6.07) is 11.1. The normalized spacial score (nSPS) is 11.2. The molecule has 7 heteroatoms. The predicted molar refractivity (Wildman–Crippen MR) is 77.6 cm³/mol. The van der Waals surface area contributed by atoms with Gasteiger partial charge >= 0.3 is 0 Å². The van der Waals surface area contributed by atoms with E-state index in [0.717, 1.165) is 5.69 Å². The van der Waals surface area contributed by atoms with Crippen LogP contribution in [-0.4, -0.2) is 25.0 Å². The number of aromatic nitrogens is 5. The summed E-state index contributed by atoms with van der Waals surface area (Å²) in [5, 5.41) is 9.78. The maximum absolute atomic E-state index is 11.8. The number of pyridine rings is 1. The van der Waals surface area contributed by atoms with Crippen LogP contribution in [0.5, 0.6) is 0 Å². The first-order chi connectivity index (χ1) is 10.2. The molecule has 0 fully saturated rings. The third-order valence-electron chi connectivity index (χ3n) is 3.29. The Kier molecular flexibility index (Phi) is 2.28. The summed E-state index contributed by atoms with van der Waals surface area (Å²) < 4.78 is 1.63. The fourth-order valence-electron chi connectivity index (χ4n) is 2.30. The monoisotopic (exact) mass is 279 g/mol. The van der Waals surface area contributed by atoms with Crippen LogP contribution >= 0.6 is 0 Å². The maximum atomic E-state index is 11.8. The van der Waals surface area contributed by atoms with E-state index in [0.29, 0.717) is 11.0 Å². The van der Waals surface area contributed by atoms with Gasteiger partial charge in [0.25, 0.3) is 11.1 Å². The molecular formula is C14H9N5O2. The quantitative estimate of drug-likeness (QED) is 0.542. The Hall–Kier alpha value is -3.22. The maximum Gasteiger partial charge on any atom is 0.289 e. The van der Waals surface area contributed by atoms with Gasteiger partial charge in [-0.2, -0.15) is 5.10 Å². The second kappa shape index (κ2) is 4.14. The summed E-state index contributed by atoms with van der Waals surface area (Å²) in [5.74, 6) is 0. The first-order valence-electron chi connectivity index (χ1n) is 6.29. The van der Waals surface area contributed by atoms with Gasteiger partial charge in [-0.1, -0.05) is 18.2 Å². The van der Waals surface area contributed by atoms with Gasteiger partial charge in [0.15, 0.2) is 5.65 Å². The number of aromatic amines is 2. The molecule has 7 nitrogen and oxygen atoms in total. The van der Waals surface area contributed by atoms with Crippen molar-refractivity contribution in [2.45, 2.75) is 0 Å². The fourth-order valence-corrected chi connectivity index (χ4v) is 2.30. The average molecular weight is 279 g/mol. The molecule has 4 rings (SSSR count). The zero-order chi connectivity index (χ0) is 14.4. The molecule has 0 aliphatic rings. The van der Waals surface area contributed by atoms with Crippen molar-refractivity contribution in [1.82, 2.24) is 25.0 Å². The van der Waals surface area contributed by atoms with Crippen LogP contribution in [0.2, 0.25) is 0 Å². The van der Waals surface area contributed by atoms with Crippen molar-refractivity contribution in [3.05, 3.63) is 63.3 Å². The predicted octanol–water partition coefficient (Wildman–Crippen LogP) is 0.950. The van der Waals surface area contributed by atoms with Gasteiger partial charge in [-0.25, -0.2) is 9.67 Å². The minimum Gasteiger partial charge on any atom is -0.267 e. The molecule has 0 aliphatic heterocycles. The molecule has 0 atom stereocenters. The number of nitrogens with zero attached hydrogens (tertiary/aromatic N) is 3. The molecule has 102 valence electrons. The van der Waals surface area contributed by atoms with E-state index in [4.69, 9.17) is 0 Å². The lowest BCUT2D eigenvalue weighted by atomic mass is 10.2. The van der Waals surface area contributed by atoms with Gasteiger partial charge in [0.05, 0.1) is 17.3 Å². The molecule has 2 N–H and O–H groups in total. The van der Waals surface area contributed by atoms with E-state index in [-0.39, 0.29) is 16.5 Å². The van der Waals surface area contributed by atoms with E-state index in [1.165, 1.54) is 0 Å². The Morgan fingerprint density at radius 3 is 2.57 bits per heavy atom.